The normalized spacial score (nSPS) is 15.4. The Labute approximate surface area is 181 Å². The van der Waals surface area contributed by atoms with Gasteiger partial charge in [0.2, 0.25) is 0 Å². The molecule has 1 aliphatic heterocycles. The standard InChI is InChI=1S/C24H26N2OS2/c1-16-14-22(18(3)26(16)17(2)19-8-5-4-6-9-19)23(27)25-21-11-7-10-20(15-21)24-28-12-13-29-24/h4-11,14-15,17,24H,12-13H2,1-3H3,(H,25,27). The summed E-state index contributed by atoms with van der Waals surface area (Å²) in [7, 11) is 0. The van der Waals surface area contributed by atoms with Gasteiger partial charge in [-0.05, 0) is 50.1 Å². The first kappa shape index (κ1) is 20.2. The number of hydrogen-bond donors (Lipinski definition) is 1. The molecule has 1 fully saturated rings. The Hall–Kier alpha value is -2.11. The second-order valence-electron chi connectivity index (χ2n) is 7.39. The largest absolute Gasteiger partial charge is 0.341 e. The Morgan fingerprint density at radius 2 is 1.76 bits per heavy atom. The minimum absolute atomic E-state index is 0.0477. The number of carbonyl (C=O) groups excluding carboxylic acids is 1. The minimum Gasteiger partial charge on any atom is -0.341 e. The highest BCUT2D eigenvalue weighted by atomic mass is 32.2. The van der Waals surface area contributed by atoms with Crippen LogP contribution in [0.4, 0.5) is 5.69 Å². The minimum atomic E-state index is -0.0477. The van der Waals surface area contributed by atoms with Crippen molar-refractivity contribution in [2.45, 2.75) is 31.4 Å². The number of rotatable bonds is 5. The van der Waals surface area contributed by atoms with Crippen LogP contribution < -0.4 is 5.32 Å². The van der Waals surface area contributed by atoms with Gasteiger partial charge in [-0.1, -0.05) is 42.5 Å². The highest BCUT2D eigenvalue weighted by Crippen LogP contribution is 2.45. The number of aryl methyl sites for hydroxylation is 1. The number of aromatic nitrogens is 1. The molecule has 2 heterocycles. The van der Waals surface area contributed by atoms with Gasteiger partial charge in [0.25, 0.3) is 5.91 Å². The van der Waals surface area contributed by atoms with Crippen molar-refractivity contribution < 1.29 is 4.79 Å². The van der Waals surface area contributed by atoms with Gasteiger partial charge in [0.15, 0.2) is 0 Å². The van der Waals surface area contributed by atoms with Crippen molar-refractivity contribution in [1.82, 2.24) is 4.57 Å². The highest BCUT2D eigenvalue weighted by molar-refractivity contribution is 8.19. The molecule has 150 valence electrons. The summed E-state index contributed by atoms with van der Waals surface area (Å²) in [5.74, 6) is 2.34. The van der Waals surface area contributed by atoms with E-state index in [9.17, 15) is 4.79 Å². The molecule has 1 N–H and O–H groups in total. The molecule has 0 aliphatic carbocycles. The summed E-state index contributed by atoms with van der Waals surface area (Å²) < 4.78 is 2.72. The fraction of sp³-hybridized carbons (Fsp3) is 0.292. The lowest BCUT2D eigenvalue weighted by Crippen LogP contribution is -2.15. The summed E-state index contributed by atoms with van der Waals surface area (Å²) in [6, 6.07) is 20.8. The second-order valence-corrected chi connectivity index (χ2v) is 10.1. The van der Waals surface area contributed by atoms with Crippen LogP contribution in [-0.2, 0) is 0 Å². The van der Waals surface area contributed by atoms with Crippen LogP contribution in [0, 0.1) is 13.8 Å². The van der Waals surface area contributed by atoms with Crippen LogP contribution in [-0.4, -0.2) is 22.0 Å². The summed E-state index contributed by atoms with van der Waals surface area (Å²) in [5.41, 5.74) is 6.20. The van der Waals surface area contributed by atoms with Crippen molar-refractivity contribution in [2.24, 2.45) is 0 Å². The summed E-state index contributed by atoms with van der Waals surface area (Å²) >= 11 is 3.95. The van der Waals surface area contributed by atoms with Crippen LogP contribution in [0.5, 0.6) is 0 Å². The van der Waals surface area contributed by atoms with Crippen LogP contribution >= 0.6 is 23.5 Å². The Morgan fingerprint density at radius 3 is 2.48 bits per heavy atom. The first-order chi connectivity index (χ1) is 14.0. The highest BCUT2D eigenvalue weighted by Gasteiger charge is 2.21. The van der Waals surface area contributed by atoms with E-state index in [1.165, 1.54) is 22.6 Å². The number of benzene rings is 2. The number of thioether (sulfide) groups is 2. The molecule has 3 aromatic rings. The zero-order valence-electron chi connectivity index (χ0n) is 17.0. The van der Waals surface area contributed by atoms with Crippen LogP contribution in [0.15, 0.2) is 60.7 Å². The smallest absolute Gasteiger partial charge is 0.257 e. The molecule has 0 spiro atoms. The lowest BCUT2D eigenvalue weighted by atomic mass is 10.1. The van der Waals surface area contributed by atoms with Gasteiger partial charge in [0.05, 0.1) is 16.2 Å². The van der Waals surface area contributed by atoms with E-state index in [0.717, 1.165) is 22.6 Å². The van der Waals surface area contributed by atoms with Gasteiger partial charge >= 0.3 is 0 Å². The average Bonchev–Trinajstić information content (AvgIpc) is 3.37. The lowest BCUT2D eigenvalue weighted by molar-refractivity contribution is 0.102. The van der Waals surface area contributed by atoms with Gasteiger partial charge < -0.3 is 9.88 Å². The maximum absolute atomic E-state index is 13.1. The molecular weight excluding hydrogens is 396 g/mol. The van der Waals surface area contributed by atoms with E-state index < -0.39 is 0 Å². The van der Waals surface area contributed by atoms with Crippen molar-refractivity contribution in [3.63, 3.8) is 0 Å². The first-order valence-corrected chi connectivity index (χ1v) is 12.0. The van der Waals surface area contributed by atoms with Crippen LogP contribution in [0.25, 0.3) is 0 Å². The number of nitrogens with zero attached hydrogens (tertiary/aromatic N) is 1. The molecule has 1 unspecified atom stereocenters. The van der Waals surface area contributed by atoms with E-state index in [0.29, 0.717) is 4.58 Å². The van der Waals surface area contributed by atoms with Gasteiger partial charge in [-0.3, -0.25) is 4.79 Å². The van der Waals surface area contributed by atoms with Gasteiger partial charge in [0.1, 0.15) is 0 Å². The maximum atomic E-state index is 13.1. The molecule has 1 aromatic heterocycles. The van der Waals surface area contributed by atoms with Gasteiger partial charge in [-0.2, -0.15) is 0 Å². The van der Waals surface area contributed by atoms with Crippen LogP contribution in [0.2, 0.25) is 0 Å². The monoisotopic (exact) mass is 422 g/mol. The zero-order valence-corrected chi connectivity index (χ0v) is 18.6. The third-order valence-electron chi connectivity index (χ3n) is 5.44. The van der Waals surface area contributed by atoms with Gasteiger partial charge in [-0.25, -0.2) is 0 Å². The van der Waals surface area contributed by atoms with Crippen molar-refractivity contribution >= 4 is 35.1 Å². The Balaban J connectivity index is 1.56. The SMILES string of the molecule is Cc1cc(C(=O)Nc2cccc(C3SCCS3)c2)c(C)n1C(C)c1ccccc1. The maximum Gasteiger partial charge on any atom is 0.257 e. The molecule has 5 heteroatoms. The predicted molar refractivity (Wildman–Crippen MR) is 126 cm³/mol. The quantitative estimate of drug-likeness (QED) is 0.513. The average molecular weight is 423 g/mol. The van der Waals surface area contributed by atoms with E-state index in [4.69, 9.17) is 0 Å². The molecule has 2 aromatic carbocycles. The van der Waals surface area contributed by atoms with Crippen molar-refractivity contribution in [1.29, 1.82) is 0 Å². The van der Waals surface area contributed by atoms with Gasteiger partial charge in [-0.15, -0.1) is 23.5 Å². The molecule has 1 aliphatic rings. The molecule has 1 atom stereocenters. The van der Waals surface area contributed by atoms with Crippen LogP contribution in [0.1, 0.15) is 50.4 Å². The van der Waals surface area contributed by atoms with Crippen LogP contribution in [0.3, 0.4) is 0 Å². The van der Waals surface area contributed by atoms with E-state index in [-0.39, 0.29) is 11.9 Å². The molecule has 0 bridgehead atoms. The Morgan fingerprint density at radius 1 is 1.03 bits per heavy atom. The van der Waals surface area contributed by atoms with Crippen molar-refractivity contribution in [3.8, 4) is 0 Å². The lowest BCUT2D eigenvalue weighted by Gasteiger charge is -2.19. The van der Waals surface area contributed by atoms with Gasteiger partial charge in [0, 0.05) is 28.6 Å². The molecular formula is C24H26N2OS2. The van der Waals surface area contributed by atoms with E-state index >= 15 is 0 Å². The predicted octanol–water partition coefficient (Wildman–Crippen LogP) is 6.45. The topological polar surface area (TPSA) is 34.0 Å². The number of amides is 1. The second kappa shape index (κ2) is 8.72. The fourth-order valence-electron chi connectivity index (χ4n) is 4.00. The third-order valence-corrected chi connectivity index (χ3v) is 8.54. The van der Waals surface area contributed by atoms with E-state index in [2.05, 4.69) is 60.1 Å². The number of anilines is 1. The van der Waals surface area contributed by atoms with Crippen molar-refractivity contribution in [2.75, 3.05) is 16.8 Å². The van der Waals surface area contributed by atoms with Crippen molar-refractivity contribution in [3.05, 3.63) is 88.7 Å². The Kier molecular flexibility index (Phi) is 6.07. The molecule has 3 nitrogen and oxygen atoms in total. The van der Waals surface area contributed by atoms with E-state index in [1.807, 2.05) is 54.7 Å². The summed E-state index contributed by atoms with van der Waals surface area (Å²) in [4.78, 5) is 13.1. The molecule has 1 saturated heterocycles. The summed E-state index contributed by atoms with van der Waals surface area (Å²) in [6.07, 6.45) is 0. The van der Waals surface area contributed by atoms with E-state index in [1.54, 1.807) is 0 Å². The molecule has 4 rings (SSSR count). The number of carbonyl (C=O) groups is 1. The zero-order chi connectivity index (χ0) is 20.4. The number of hydrogen-bond acceptors (Lipinski definition) is 3. The summed E-state index contributed by atoms with van der Waals surface area (Å²) in [6.45, 7) is 6.28. The molecule has 0 saturated carbocycles. The molecule has 0 radical (unpaired) electrons. The Bertz CT molecular complexity index is 1010. The molecule has 1 amide bonds. The molecule has 29 heavy (non-hydrogen) atoms. The fourth-order valence-corrected chi connectivity index (χ4v) is 6.83. The third kappa shape index (κ3) is 4.26. The number of nitrogens with one attached hydrogen (secondary N) is 1. The summed E-state index contributed by atoms with van der Waals surface area (Å²) in [5, 5.41) is 3.11. The first-order valence-electron chi connectivity index (χ1n) is 9.92.